The fourth-order valence-electron chi connectivity index (χ4n) is 1.11. The molecule has 0 aliphatic heterocycles. The Kier molecular flexibility index (Phi) is 10.5. The molecule has 0 heterocycles. The van der Waals surface area contributed by atoms with Crippen molar-refractivity contribution < 1.29 is 28.5 Å². The molecular weight excluding hydrogens is 254 g/mol. The molecule has 0 aromatic heterocycles. The third-order valence-electron chi connectivity index (χ3n) is 2.03. The number of methoxy groups -OCH3 is 2. The number of hydrogen-bond donors (Lipinski definition) is 1. The van der Waals surface area contributed by atoms with Gasteiger partial charge in [-0.3, -0.25) is 0 Å². The first-order chi connectivity index (χ1) is 9.15. The molecule has 110 valence electrons. The lowest BCUT2D eigenvalue weighted by Crippen LogP contribution is -2.42. The average Bonchev–Trinajstić information content (AvgIpc) is 2.38. The second kappa shape index (κ2) is 11.5. The van der Waals surface area contributed by atoms with E-state index in [0.29, 0.717) is 6.61 Å². The monoisotopic (exact) mass is 275 g/mol. The Labute approximate surface area is 112 Å². The molecule has 1 atom stereocenters. The second-order valence-electron chi connectivity index (χ2n) is 3.51. The zero-order chi connectivity index (χ0) is 14.5. The molecule has 0 saturated carbocycles. The number of carbonyl (C=O) groups is 2. The van der Waals surface area contributed by atoms with Crippen LogP contribution in [0, 0.1) is 0 Å². The van der Waals surface area contributed by atoms with Crippen molar-refractivity contribution in [2.24, 2.45) is 0 Å². The number of carbonyl (C=O) groups excluding carboxylic acids is 2. The molecule has 1 N–H and O–H groups in total. The van der Waals surface area contributed by atoms with Crippen molar-refractivity contribution in [2.75, 3.05) is 40.6 Å². The Hall–Kier alpha value is -1.60. The maximum absolute atomic E-state index is 11.7. The summed E-state index contributed by atoms with van der Waals surface area (Å²) < 4.78 is 19.2. The third kappa shape index (κ3) is 9.04. The molecule has 1 unspecified atom stereocenters. The lowest BCUT2D eigenvalue weighted by Gasteiger charge is -2.16. The van der Waals surface area contributed by atoms with Crippen LogP contribution in [0.2, 0.25) is 0 Å². The van der Waals surface area contributed by atoms with Crippen LogP contribution >= 0.6 is 0 Å². The summed E-state index contributed by atoms with van der Waals surface area (Å²) in [6.45, 7) is 4.34. The van der Waals surface area contributed by atoms with Crippen LogP contribution in [0.4, 0.5) is 4.79 Å². The number of ether oxygens (including phenoxy) is 4. The van der Waals surface area contributed by atoms with Crippen molar-refractivity contribution in [1.82, 2.24) is 5.32 Å². The van der Waals surface area contributed by atoms with Crippen LogP contribution in [0.5, 0.6) is 0 Å². The largest absolute Gasteiger partial charge is 0.462 e. The molecule has 0 aromatic carbocycles. The van der Waals surface area contributed by atoms with Crippen LogP contribution in [0.3, 0.4) is 0 Å². The van der Waals surface area contributed by atoms with Gasteiger partial charge in [0.25, 0.3) is 0 Å². The van der Waals surface area contributed by atoms with E-state index in [-0.39, 0.29) is 26.2 Å². The minimum absolute atomic E-state index is 0.113. The summed E-state index contributed by atoms with van der Waals surface area (Å²) in [5.41, 5.74) is 0. The van der Waals surface area contributed by atoms with Crippen LogP contribution in [0.1, 0.15) is 6.42 Å². The summed E-state index contributed by atoms with van der Waals surface area (Å²) in [4.78, 5) is 23.0. The minimum Gasteiger partial charge on any atom is -0.462 e. The van der Waals surface area contributed by atoms with Gasteiger partial charge in [-0.15, -0.1) is 6.58 Å². The SMILES string of the molecule is C=CCC(NC(=O)OCCOC)C(=O)OCCOC. The van der Waals surface area contributed by atoms with E-state index in [1.807, 2.05) is 0 Å². The van der Waals surface area contributed by atoms with Crippen molar-refractivity contribution in [3.8, 4) is 0 Å². The molecule has 0 aliphatic carbocycles. The van der Waals surface area contributed by atoms with Gasteiger partial charge in [-0.1, -0.05) is 6.08 Å². The van der Waals surface area contributed by atoms with E-state index in [4.69, 9.17) is 18.9 Å². The highest BCUT2D eigenvalue weighted by Crippen LogP contribution is 1.98. The zero-order valence-electron chi connectivity index (χ0n) is 11.3. The number of rotatable bonds is 10. The molecule has 0 rings (SSSR count). The Morgan fingerprint density at radius 3 is 2.21 bits per heavy atom. The molecule has 0 bridgehead atoms. The van der Waals surface area contributed by atoms with Gasteiger partial charge < -0.3 is 24.3 Å². The van der Waals surface area contributed by atoms with E-state index in [2.05, 4.69) is 11.9 Å². The lowest BCUT2D eigenvalue weighted by molar-refractivity contribution is -0.147. The number of hydrogen-bond acceptors (Lipinski definition) is 6. The Morgan fingerprint density at radius 1 is 1.11 bits per heavy atom. The highest BCUT2D eigenvalue weighted by atomic mass is 16.6. The predicted molar refractivity (Wildman–Crippen MR) is 67.8 cm³/mol. The van der Waals surface area contributed by atoms with Crippen LogP contribution in [0.15, 0.2) is 12.7 Å². The first-order valence-corrected chi connectivity index (χ1v) is 5.84. The fourth-order valence-corrected chi connectivity index (χ4v) is 1.11. The van der Waals surface area contributed by atoms with Crippen molar-refractivity contribution in [1.29, 1.82) is 0 Å². The highest BCUT2D eigenvalue weighted by Gasteiger charge is 2.21. The molecule has 19 heavy (non-hydrogen) atoms. The molecule has 7 heteroatoms. The third-order valence-corrected chi connectivity index (χ3v) is 2.03. The quantitative estimate of drug-likeness (QED) is 0.355. The predicted octanol–water partition coefficient (Wildman–Crippen LogP) is 0.493. The summed E-state index contributed by atoms with van der Waals surface area (Å²) in [5, 5.41) is 2.40. The van der Waals surface area contributed by atoms with Crippen molar-refractivity contribution in [2.45, 2.75) is 12.5 Å². The van der Waals surface area contributed by atoms with E-state index in [0.717, 1.165) is 0 Å². The van der Waals surface area contributed by atoms with Gasteiger partial charge in [0.05, 0.1) is 13.2 Å². The van der Waals surface area contributed by atoms with E-state index >= 15 is 0 Å². The van der Waals surface area contributed by atoms with Gasteiger partial charge in [0.2, 0.25) is 0 Å². The summed E-state index contributed by atoms with van der Waals surface area (Å²) in [5.74, 6) is -0.555. The van der Waals surface area contributed by atoms with E-state index in [1.165, 1.54) is 20.3 Å². The lowest BCUT2D eigenvalue weighted by atomic mass is 10.2. The van der Waals surface area contributed by atoms with Crippen LogP contribution in [-0.2, 0) is 23.7 Å². The molecule has 7 nitrogen and oxygen atoms in total. The number of alkyl carbamates (subject to hydrolysis) is 1. The molecule has 0 saturated heterocycles. The molecule has 1 amide bonds. The maximum Gasteiger partial charge on any atom is 0.407 e. The smallest absolute Gasteiger partial charge is 0.407 e. The molecule has 0 radical (unpaired) electrons. The number of esters is 1. The van der Waals surface area contributed by atoms with Crippen molar-refractivity contribution in [3.63, 3.8) is 0 Å². The average molecular weight is 275 g/mol. The molecular formula is C12H21NO6. The van der Waals surface area contributed by atoms with E-state index in [1.54, 1.807) is 0 Å². The summed E-state index contributed by atoms with van der Waals surface area (Å²) in [6, 6.07) is -0.815. The van der Waals surface area contributed by atoms with Gasteiger partial charge >= 0.3 is 12.1 Å². The summed E-state index contributed by atoms with van der Waals surface area (Å²) in [7, 11) is 3.00. The second-order valence-corrected chi connectivity index (χ2v) is 3.51. The Balaban J connectivity index is 4.11. The highest BCUT2D eigenvalue weighted by molar-refractivity contribution is 5.81. The van der Waals surface area contributed by atoms with Gasteiger partial charge in [-0.25, -0.2) is 9.59 Å². The zero-order valence-corrected chi connectivity index (χ0v) is 11.3. The molecule has 0 aliphatic rings. The van der Waals surface area contributed by atoms with E-state index in [9.17, 15) is 9.59 Å². The van der Waals surface area contributed by atoms with Gasteiger partial charge in [0.1, 0.15) is 19.3 Å². The topological polar surface area (TPSA) is 83.1 Å². The summed E-state index contributed by atoms with van der Waals surface area (Å²) in [6.07, 6.45) is 1.07. The first kappa shape index (κ1) is 17.4. The van der Waals surface area contributed by atoms with E-state index < -0.39 is 18.1 Å². The van der Waals surface area contributed by atoms with Gasteiger partial charge in [-0.05, 0) is 6.42 Å². The maximum atomic E-state index is 11.7. The van der Waals surface area contributed by atoms with Crippen LogP contribution in [0.25, 0.3) is 0 Å². The first-order valence-electron chi connectivity index (χ1n) is 5.84. The molecule has 0 fully saturated rings. The fraction of sp³-hybridized carbons (Fsp3) is 0.667. The Morgan fingerprint density at radius 2 is 1.68 bits per heavy atom. The number of nitrogens with one attached hydrogen (secondary N) is 1. The number of amides is 1. The molecule has 0 spiro atoms. The van der Waals surface area contributed by atoms with Gasteiger partial charge in [0, 0.05) is 14.2 Å². The minimum atomic E-state index is -0.815. The van der Waals surface area contributed by atoms with Crippen molar-refractivity contribution >= 4 is 12.1 Å². The van der Waals surface area contributed by atoms with Crippen molar-refractivity contribution in [3.05, 3.63) is 12.7 Å². The van der Waals surface area contributed by atoms with Crippen LogP contribution in [-0.4, -0.2) is 58.8 Å². The normalized spacial score (nSPS) is 11.5. The standard InChI is InChI=1S/C12H21NO6/c1-4-5-10(11(14)18-8-6-16-2)13-12(15)19-9-7-17-3/h4,10H,1,5-9H2,2-3H3,(H,13,15). The summed E-state index contributed by atoms with van der Waals surface area (Å²) >= 11 is 0. The molecule has 0 aromatic rings. The van der Waals surface area contributed by atoms with Crippen LogP contribution < -0.4 is 5.32 Å². The van der Waals surface area contributed by atoms with Gasteiger partial charge in [0.15, 0.2) is 0 Å². The Bertz CT molecular complexity index is 281. The van der Waals surface area contributed by atoms with Gasteiger partial charge in [-0.2, -0.15) is 0 Å².